The van der Waals surface area contributed by atoms with Crippen LogP contribution in [0.5, 0.6) is 0 Å². The number of rotatable bonds is 8. The van der Waals surface area contributed by atoms with E-state index in [0.29, 0.717) is 12.6 Å². The SMILES string of the molecule is O=C(NCCC(c1ccccc1)N1CCC(Cc2ccccc2)CC1)c1ccccc1. The molecule has 0 saturated carbocycles. The lowest BCUT2D eigenvalue weighted by molar-refractivity contribution is 0.0938. The maximum Gasteiger partial charge on any atom is 0.251 e. The van der Waals surface area contributed by atoms with Crippen molar-refractivity contribution < 1.29 is 4.79 Å². The zero-order valence-electron chi connectivity index (χ0n) is 18.1. The molecule has 1 heterocycles. The smallest absolute Gasteiger partial charge is 0.251 e. The highest BCUT2D eigenvalue weighted by atomic mass is 16.1. The van der Waals surface area contributed by atoms with Crippen molar-refractivity contribution in [3.05, 3.63) is 108 Å². The van der Waals surface area contributed by atoms with Crippen LogP contribution in [0.25, 0.3) is 0 Å². The lowest BCUT2D eigenvalue weighted by atomic mass is 9.88. The molecule has 0 aromatic heterocycles. The molecule has 3 nitrogen and oxygen atoms in total. The van der Waals surface area contributed by atoms with Crippen LogP contribution in [0.4, 0.5) is 0 Å². The third-order valence-electron chi connectivity index (χ3n) is 6.38. The van der Waals surface area contributed by atoms with E-state index in [1.165, 1.54) is 30.4 Å². The third-order valence-corrected chi connectivity index (χ3v) is 6.38. The van der Waals surface area contributed by atoms with Crippen molar-refractivity contribution in [3.63, 3.8) is 0 Å². The van der Waals surface area contributed by atoms with Crippen molar-refractivity contribution >= 4 is 5.91 Å². The van der Waals surface area contributed by atoms with E-state index < -0.39 is 0 Å². The average Bonchev–Trinajstić information content (AvgIpc) is 2.84. The number of carbonyl (C=O) groups excluding carboxylic acids is 1. The number of nitrogens with one attached hydrogen (secondary N) is 1. The van der Waals surface area contributed by atoms with Crippen LogP contribution in [0.15, 0.2) is 91.0 Å². The van der Waals surface area contributed by atoms with Gasteiger partial charge in [0.2, 0.25) is 0 Å². The Morgan fingerprint density at radius 1 is 0.839 bits per heavy atom. The van der Waals surface area contributed by atoms with Crippen LogP contribution >= 0.6 is 0 Å². The van der Waals surface area contributed by atoms with Crippen LogP contribution in [0.2, 0.25) is 0 Å². The van der Waals surface area contributed by atoms with Crippen molar-refractivity contribution in [3.8, 4) is 0 Å². The summed E-state index contributed by atoms with van der Waals surface area (Å²) in [5, 5.41) is 3.11. The van der Waals surface area contributed by atoms with Gasteiger partial charge in [0.05, 0.1) is 0 Å². The van der Waals surface area contributed by atoms with Crippen LogP contribution < -0.4 is 5.32 Å². The Kier molecular flexibility index (Phi) is 7.51. The molecule has 31 heavy (non-hydrogen) atoms. The van der Waals surface area contributed by atoms with Crippen LogP contribution in [0.3, 0.4) is 0 Å². The molecule has 0 spiro atoms. The second-order valence-electron chi connectivity index (χ2n) is 8.51. The summed E-state index contributed by atoms with van der Waals surface area (Å²) in [5.74, 6) is 0.766. The molecule has 160 valence electrons. The summed E-state index contributed by atoms with van der Waals surface area (Å²) in [7, 11) is 0. The first-order valence-corrected chi connectivity index (χ1v) is 11.5. The molecular weight excluding hydrogens is 380 g/mol. The highest BCUT2D eigenvalue weighted by molar-refractivity contribution is 5.94. The minimum Gasteiger partial charge on any atom is -0.352 e. The largest absolute Gasteiger partial charge is 0.352 e. The fraction of sp³-hybridized carbons (Fsp3) is 0.321. The van der Waals surface area contributed by atoms with Crippen molar-refractivity contribution in [2.75, 3.05) is 19.6 Å². The van der Waals surface area contributed by atoms with Gasteiger partial charge < -0.3 is 5.32 Å². The predicted octanol–water partition coefficient (Wildman–Crippen LogP) is 5.50. The summed E-state index contributed by atoms with van der Waals surface area (Å²) >= 11 is 0. The van der Waals surface area contributed by atoms with E-state index in [-0.39, 0.29) is 5.91 Å². The Morgan fingerprint density at radius 2 is 1.42 bits per heavy atom. The molecule has 3 aromatic carbocycles. The molecular formula is C28H32N2O. The molecule has 4 rings (SSSR count). The van der Waals surface area contributed by atoms with Gasteiger partial charge in [-0.2, -0.15) is 0 Å². The van der Waals surface area contributed by atoms with Gasteiger partial charge in [0, 0.05) is 18.2 Å². The monoisotopic (exact) mass is 412 g/mol. The fourth-order valence-electron chi connectivity index (χ4n) is 4.67. The zero-order valence-corrected chi connectivity index (χ0v) is 18.1. The first kappa shape index (κ1) is 21.3. The minimum atomic E-state index is 0.00832. The maximum absolute atomic E-state index is 12.4. The molecule has 0 aliphatic carbocycles. The molecule has 1 unspecified atom stereocenters. The second-order valence-corrected chi connectivity index (χ2v) is 8.51. The molecule has 1 amide bonds. The summed E-state index contributed by atoms with van der Waals surface area (Å²) in [6.45, 7) is 2.91. The Balaban J connectivity index is 1.34. The minimum absolute atomic E-state index is 0.00832. The van der Waals surface area contributed by atoms with Crippen molar-refractivity contribution in [1.82, 2.24) is 10.2 Å². The van der Waals surface area contributed by atoms with Gasteiger partial charge >= 0.3 is 0 Å². The van der Waals surface area contributed by atoms with Crippen molar-refractivity contribution in [2.24, 2.45) is 5.92 Å². The first-order valence-electron chi connectivity index (χ1n) is 11.5. The molecule has 1 N–H and O–H groups in total. The molecule has 1 atom stereocenters. The number of carbonyl (C=O) groups is 1. The molecule has 3 heteroatoms. The maximum atomic E-state index is 12.4. The van der Waals surface area contributed by atoms with Crippen molar-refractivity contribution in [1.29, 1.82) is 0 Å². The van der Waals surface area contributed by atoms with E-state index >= 15 is 0 Å². The van der Waals surface area contributed by atoms with Gasteiger partial charge in [0.15, 0.2) is 0 Å². The van der Waals surface area contributed by atoms with Gasteiger partial charge in [0.1, 0.15) is 0 Å². The third kappa shape index (κ3) is 6.05. The zero-order chi connectivity index (χ0) is 21.3. The topological polar surface area (TPSA) is 32.3 Å². The van der Waals surface area contributed by atoms with Crippen molar-refractivity contribution in [2.45, 2.75) is 31.7 Å². The van der Waals surface area contributed by atoms with E-state index in [1.54, 1.807) is 0 Å². The normalized spacial score (nSPS) is 16.0. The van der Waals surface area contributed by atoms with Gasteiger partial charge in [-0.3, -0.25) is 9.69 Å². The van der Waals surface area contributed by atoms with E-state index in [4.69, 9.17) is 0 Å². The van der Waals surface area contributed by atoms with Gasteiger partial charge in [-0.05, 0) is 68.0 Å². The number of benzene rings is 3. The molecule has 1 aliphatic rings. The lowest BCUT2D eigenvalue weighted by Crippen LogP contribution is -2.39. The Morgan fingerprint density at radius 3 is 2.06 bits per heavy atom. The number of hydrogen-bond acceptors (Lipinski definition) is 2. The van der Waals surface area contributed by atoms with Crippen LogP contribution in [-0.4, -0.2) is 30.4 Å². The van der Waals surface area contributed by atoms with E-state index in [9.17, 15) is 4.79 Å². The second kappa shape index (κ2) is 10.9. The van der Waals surface area contributed by atoms with Crippen LogP contribution in [0, 0.1) is 5.92 Å². The molecule has 0 bridgehead atoms. The Bertz CT molecular complexity index is 919. The highest BCUT2D eigenvalue weighted by Crippen LogP contribution is 2.30. The standard InChI is InChI=1S/C28H32N2O/c31-28(26-14-8-3-9-15-26)29-19-16-27(25-12-6-2-7-13-25)30-20-17-24(18-21-30)22-23-10-4-1-5-11-23/h1-15,24,27H,16-22H2,(H,29,31). The first-order chi connectivity index (χ1) is 15.3. The Labute approximate surface area is 186 Å². The number of likely N-dealkylation sites (tertiary alicyclic amines) is 1. The molecule has 0 radical (unpaired) electrons. The van der Waals surface area contributed by atoms with Gasteiger partial charge in [-0.15, -0.1) is 0 Å². The highest BCUT2D eigenvalue weighted by Gasteiger charge is 2.26. The number of nitrogens with zero attached hydrogens (tertiary/aromatic N) is 1. The van der Waals surface area contributed by atoms with E-state index in [1.807, 2.05) is 30.3 Å². The van der Waals surface area contributed by atoms with E-state index in [0.717, 1.165) is 31.0 Å². The predicted molar refractivity (Wildman–Crippen MR) is 127 cm³/mol. The van der Waals surface area contributed by atoms with Gasteiger partial charge in [-0.1, -0.05) is 78.9 Å². The Hall–Kier alpha value is -2.91. The molecule has 1 saturated heterocycles. The summed E-state index contributed by atoms with van der Waals surface area (Å²) in [4.78, 5) is 15.0. The lowest BCUT2D eigenvalue weighted by Gasteiger charge is -2.38. The van der Waals surface area contributed by atoms with Gasteiger partial charge in [0.25, 0.3) is 5.91 Å². The molecule has 3 aromatic rings. The van der Waals surface area contributed by atoms with E-state index in [2.05, 4.69) is 70.9 Å². The quantitative estimate of drug-likeness (QED) is 0.530. The van der Waals surface area contributed by atoms with Crippen LogP contribution in [-0.2, 0) is 6.42 Å². The summed E-state index contributed by atoms with van der Waals surface area (Å²) in [6.07, 6.45) is 4.56. The molecule has 1 fully saturated rings. The number of piperidine rings is 1. The number of hydrogen-bond donors (Lipinski definition) is 1. The fourth-order valence-corrected chi connectivity index (χ4v) is 4.67. The summed E-state index contributed by atoms with van der Waals surface area (Å²) in [5.41, 5.74) is 3.52. The van der Waals surface area contributed by atoms with Crippen LogP contribution in [0.1, 0.15) is 46.8 Å². The average molecular weight is 413 g/mol. The summed E-state index contributed by atoms with van der Waals surface area (Å²) < 4.78 is 0. The van der Waals surface area contributed by atoms with Gasteiger partial charge in [-0.25, -0.2) is 0 Å². The molecule has 1 aliphatic heterocycles. The number of amides is 1. The summed E-state index contributed by atoms with van der Waals surface area (Å²) in [6, 6.07) is 31.4.